The predicted molar refractivity (Wildman–Crippen MR) is 122 cm³/mol. The van der Waals surface area contributed by atoms with Gasteiger partial charge in [-0.2, -0.15) is 18.3 Å². The lowest BCUT2D eigenvalue weighted by atomic mass is 9.83. The summed E-state index contributed by atoms with van der Waals surface area (Å²) < 4.78 is 60.8. The molecule has 1 atom stereocenters. The van der Waals surface area contributed by atoms with E-state index in [4.69, 9.17) is 4.74 Å². The molecule has 1 fully saturated rings. The van der Waals surface area contributed by atoms with E-state index in [1.165, 1.54) is 30.0 Å². The zero-order chi connectivity index (χ0) is 25.0. The van der Waals surface area contributed by atoms with Gasteiger partial charge in [-0.3, -0.25) is 9.48 Å². The number of rotatable bonds is 8. The Morgan fingerprint density at radius 2 is 1.94 bits per heavy atom. The Balaban J connectivity index is 1.83. The standard InChI is InChI=1S/C24H32F4N4O2/c1-5-32-22(18-11-10-17(12-19(18)34-4)30-15(3)24(26,27)28)20(25)21(31-32)23(33)29-13-16-8-6-14(2)7-9-16/h10-12,14-16,30H,5-9,13H2,1-4H3,(H,29,33)/t14?,15-,16?/m1/s1. The van der Waals surface area contributed by atoms with Crippen molar-refractivity contribution < 1.29 is 27.1 Å². The minimum atomic E-state index is -4.42. The summed E-state index contributed by atoms with van der Waals surface area (Å²) in [6.45, 7) is 5.74. The Bertz CT molecular complexity index is 998. The summed E-state index contributed by atoms with van der Waals surface area (Å²) in [6.07, 6.45) is -0.116. The molecule has 6 nitrogen and oxygen atoms in total. The van der Waals surface area contributed by atoms with E-state index in [2.05, 4.69) is 22.7 Å². The number of amides is 1. The van der Waals surface area contributed by atoms with E-state index in [1.54, 1.807) is 6.92 Å². The maximum Gasteiger partial charge on any atom is 0.408 e. The second-order valence-corrected chi connectivity index (χ2v) is 8.99. The van der Waals surface area contributed by atoms with Crippen LogP contribution in [0.3, 0.4) is 0 Å². The number of aromatic nitrogens is 2. The van der Waals surface area contributed by atoms with E-state index < -0.39 is 23.9 Å². The number of nitrogens with zero attached hydrogens (tertiary/aromatic N) is 2. The summed E-state index contributed by atoms with van der Waals surface area (Å²) in [7, 11) is 1.35. The summed E-state index contributed by atoms with van der Waals surface area (Å²) >= 11 is 0. The van der Waals surface area contributed by atoms with Gasteiger partial charge in [0.25, 0.3) is 5.91 Å². The van der Waals surface area contributed by atoms with Gasteiger partial charge in [-0.05, 0) is 50.7 Å². The highest BCUT2D eigenvalue weighted by molar-refractivity contribution is 5.94. The van der Waals surface area contributed by atoms with Gasteiger partial charge in [-0.15, -0.1) is 0 Å². The molecule has 1 amide bonds. The monoisotopic (exact) mass is 484 g/mol. The summed E-state index contributed by atoms with van der Waals surface area (Å²) in [6, 6.07) is 2.47. The number of aryl methyl sites for hydroxylation is 1. The number of methoxy groups -OCH3 is 1. The third-order valence-electron chi connectivity index (χ3n) is 6.43. The van der Waals surface area contributed by atoms with Gasteiger partial charge in [0.05, 0.1) is 7.11 Å². The minimum Gasteiger partial charge on any atom is -0.496 e. The molecule has 1 aliphatic rings. The Hall–Kier alpha value is -2.78. The molecule has 188 valence electrons. The SMILES string of the molecule is CCn1nc(C(=O)NCC2CCC(C)CC2)c(F)c1-c1ccc(N[C@H](C)C(F)(F)F)cc1OC. The van der Waals surface area contributed by atoms with E-state index in [9.17, 15) is 18.0 Å². The fourth-order valence-electron chi connectivity index (χ4n) is 4.23. The van der Waals surface area contributed by atoms with Crippen LogP contribution in [-0.2, 0) is 6.54 Å². The van der Waals surface area contributed by atoms with Crippen molar-refractivity contribution in [3.8, 4) is 17.0 Å². The summed E-state index contributed by atoms with van der Waals surface area (Å²) in [5.41, 5.74) is 0.204. The van der Waals surface area contributed by atoms with Gasteiger partial charge in [0.15, 0.2) is 11.5 Å². The molecule has 0 spiro atoms. The van der Waals surface area contributed by atoms with E-state index in [0.29, 0.717) is 23.9 Å². The maximum atomic E-state index is 15.5. The Morgan fingerprint density at radius 1 is 1.26 bits per heavy atom. The number of hydrogen-bond acceptors (Lipinski definition) is 4. The van der Waals surface area contributed by atoms with Crippen LogP contribution in [0.2, 0.25) is 0 Å². The van der Waals surface area contributed by atoms with E-state index in [1.807, 2.05) is 0 Å². The minimum absolute atomic E-state index is 0.0476. The highest BCUT2D eigenvalue weighted by Gasteiger charge is 2.36. The molecule has 0 bridgehead atoms. The normalized spacial score (nSPS) is 19.5. The quantitative estimate of drug-likeness (QED) is 0.476. The first-order chi connectivity index (χ1) is 16.0. The third-order valence-corrected chi connectivity index (χ3v) is 6.43. The van der Waals surface area contributed by atoms with Crippen molar-refractivity contribution in [2.75, 3.05) is 19.0 Å². The van der Waals surface area contributed by atoms with Gasteiger partial charge in [0.1, 0.15) is 17.5 Å². The van der Waals surface area contributed by atoms with Crippen molar-refractivity contribution in [3.63, 3.8) is 0 Å². The van der Waals surface area contributed by atoms with Crippen LogP contribution in [0.5, 0.6) is 5.75 Å². The van der Waals surface area contributed by atoms with E-state index in [0.717, 1.165) is 32.6 Å². The van der Waals surface area contributed by atoms with Crippen LogP contribution in [0.4, 0.5) is 23.2 Å². The molecule has 0 radical (unpaired) electrons. The van der Waals surface area contributed by atoms with Crippen molar-refractivity contribution in [1.82, 2.24) is 15.1 Å². The van der Waals surface area contributed by atoms with Gasteiger partial charge in [0.2, 0.25) is 0 Å². The van der Waals surface area contributed by atoms with Crippen molar-refractivity contribution in [3.05, 3.63) is 29.7 Å². The molecule has 2 N–H and O–H groups in total. The van der Waals surface area contributed by atoms with Crippen LogP contribution in [-0.4, -0.2) is 41.6 Å². The lowest BCUT2D eigenvalue weighted by Crippen LogP contribution is -2.33. The molecule has 10 heteroatoms. The third kappa shape index (κ3) is 5.82. The molecule has 1 heterocycles. The number of anilines is 1. The Labute approximate surface area is 197 Å². The van der Waals surface area contributed by atoms with Crippen LogP contribution in [0.1, 0.15) is 56.9 Å². The maximum absolute atomic E-state index is 15.5. The molecular weight excluding hydrogens is 452 g/mol. The number of ether oxygens (including phenoxy) is 1. The van der Waals surface area contributed by atoms with Gasteiger partial charge < -0.3 is 15.4 Å². The number of halogens is 4. The molecule has 1 saturated carbocycles. The smallest absolute Gasteiger partial charge is 0.408 e. The van der Waals surface area contributed by atoms with Gasteiger partial charge in [0, 0.05) is 30.4 Å². The lowest BCUT2D eigenvalue weighted by molar-refractivity contribution is -0.138. The van der Waals surface area contributed by atoms with E-state index in [-0.39, 0.29) is 29.4 Å². The summed E-state index contributed by atoms with van der Waals surface area (Å²) in [4.78, 5) is 12.7. The van der Waals surface area contributed by atoms with Gasteiger partial charge in [-0.1, -0.05) is 19.8 Å². The van der Waals surface area contributed by atoms with Gasteiger partial charge >= 0.3 is 6.18 Å². The largest absolute Gasteiger partial charge is 0.496 e. The molecule has 3 rings (SSSR count). The number of carbonyl (C=O) groups is 1. The fourth-order valence-corrected chi connectivity index (χ4v) is 4.23. The van der Waals surface area contributed by atoms with Crippen LogP contribution in [0, 0.1) is 17.7 Å². The van der Waals surface area contributed by atoms with Crippen LogP contribution in [0.25, 0.3) is 11.3 Å². The van der Waals surface area contributed by atoms with Crippen molar-refractivity contribution in [1.29, 1.82) is 0 Å². The molecule has 1 aromatic heterocycles. The molecule has 0 unspecified atom stereocenters. The van der Waals surface area contributed by atoms with Crippen molar-refractivity contribution in [2.24, 2.45) is 11.8 Å². The molecule has 0 aliphatic heterocycles. The van der Waals surface area contributed by atoms with E-state index >= 15 is 4.39 Å². The van der Waals surface area contributed by atoms with Crippen molar-refractivity contribution in [2.45, 2.75) is 65.2 Å². The van der Waals surface area contributed by atoms with Crippen LogP contribution in [0.15, 0.2) is 18.2 Å². The zero-order valence-corrected chi connectivity index (χ0v) is 19.9. The molecule has 34 heavy (non-hydrogen) atoms. The highest BCUT2D eigenvalue weighted by Crippen LogP contribution is 2.36. The average Bonchev–Trinajstić information content (AvgIpc) is 3.13. The number of hydrogen-bond donors (Lipinski definition) is 2. The Kier molecular flexibility index (Phi) is 8.09. The highest BCUT2D eigenvalue weighted by atomic mass is 19.4. The average molecular weight is 485 g/mol. The Morgan fingerprint density at radius 3 is 2.53 bits per heavy atom. The summed E-state index contributed by atoms with van der Waals surface area (Å²) in [5.74, 6) is -0.146. The molecular formula is C24H32F4N4O2. The van der Waals surface area contributed by atoms with Gasteiger partial charge in [-0.25, -0.2) is 4.39 Å². The topological polar surface area (TPSA) is 68.2 Å². The first kappa shape index (κ1) is 25.8. The number of benzene rings is 1. The van der Waals surface area contributed by atoms with Crippen molar-refractivity contribution >= 4 is 11.6 Å². The zero-order valence-electron chi connectivity index (χ0n) is 19.9. The molecule has 1 aliphatic carbocycles. The molecule has 2 aromatic rings. The fraction of sp³-hybridized carbons (Fsp3) is 0.583. The van der Waals surface area contributed by atoms with Crippen LogP contribution >= 0.6 is 0 Å². The second kappa shape index (κ2) is 10.7. The molecule has 0 saturated heterocycles. The number of alkyl halides is 3. The first-order valence-electron chi connectivity index (χ1n) is 11.6. The first-order valence-corrected chi connectivity index (χ1v) is 11.6. The predicted octanol–water partition coefficient (Wildman–Crippen LogP) is 5.64. The number of carbonyl (C=O) groups excluding carboxylic acids is 1. The number of nitrogens with one attached hydrogen (secondary N) is 2. The second-order valence-electron chi connectivity index (χ2n) is 8.99. The van der Waals surface area contributed by atoms with Crippen LogP contribution < -0.4 is 15.4 Å². The lowest BCUT2D eigenvalue weighted by Gasteiger charge is -2.26. The summed E-state index contributed by atoms with van der Waals surface area (Å²) in [5, 5.41) is 9.35. The molecule has 1 aromatic carbocycles.